The Hall–Kier alpha value is -2.96. The molecule has 2 rings (SSSR count). The first kappa shape index (κ1) is 19.4. The van der Waals surface area contributed by atoms with Crippen molar-refractivity contribution in [2.75, 3.05) is 18.1 Å². The molecule has 26 heavy (non-hydrogen) atoms. The Balaban J connectivity index is 2.50. The van der Waals surface area contributed by atoms with Crippen LogP contribution >= 0.6 is 11.8 Å². The molecule has 2 N–H and O–H groups in total. The van der Waals surface area contributed by atoms with Gasteiger partial charge in [0, 0.05) is 11.3 Å². The summed E-state index contributed by atoms with van der Waals surface area (Å²) < 4.78 is 5.67. The Labute approximate surface area is 158 Å². The fraction of sp³-hybridized carbons (Fsp3) is 0.250. The van der Waals surface area contributed by atoms with Crippen LogP contribution in [0.25, 0.3) is 11.1 Å². The van der Waals surface area contributed by atoms with Crippen molar-refractivity contribution < 1.29 is 4.74 Å². The summed E-state index contributed by atoms with van der Waals surface area (Å²) in [6.07, 6.45) is 3.78. The van der Waals surface area contributed by atoms with E-state index in [0.29, 0.717) is 28.5 Å². The fourth-order valence-corrected chi connectivity index (χ4v) is 3.11. The topological polar surface area (TPSA) is 95.7 Å². The van der Waals surface area contributed by atoms with Gasteiger partial charge in [0.15, 0.2) is 0 Å². The smallest absolute Gasteiger partial charge is 0.143 e. The van der Waals surface area contributed by atoms with E-state index < -0.39 is 0 Å². The van der Waals surface area contributed by atoms with Crippen LogP contribution in [-0.2, 0) is 0 Å². The van der Waals surface area contributed by atoms with Gasteiger partial charge >= 0.3 is 0 Å². The Kier molecular flexibility index (Phi) is 7.08. The Bertz CT molecular complexity index is 863. The molecular weight excluding hydrogens is 344 g/mol. The average molecular weight is 364 g/mol. The van der Waals surface area contributed by atoms with Crippen molar-refractivity contribution in [2.45, 2.75) is 24.8 Å². The molecule has 0 aliphatic carbocycles. The van der Waals surface area contributed by atoms with E-state index in [-0.39, 0.29) is 11.4 Å². The summed E-state index contributed by atoms with van der Waals surface area (Å²) in [4.78, 5) is 4.23. The number of ether oxygens (including phenoxy) is 1. The van der Waals surface area contributed by atoms with Gasteiger partial charge in [0.1, 0.15) is 34.3 Å². The predicted octanol–water partition coefficient (Wildman–Crippen LogP) is 4.53. The first-order chi connectivity index (χ1) is 12.7. The maximum absolute atomic E-state index is 9.66. The number of thioether (sulfide) groups is 1. The highest BCUT2D eigenvalue weighted by atomic mass is 32.2. The SMILES string of the molecule is C=CCSc1nc(N)c(C#N)c(-c2ccc(OCCCC)cc2)c1C#N. The molecule has 5 nitrogen and oxygen atoms in total. The molecule has 0 unspecified atom stereocenters. The lowest BCUT2D eigenvalue weighted by Crippen LogP contribution is -2.03. The van der Waals surface area contributed by atoms with Crippen molar-refractivity contribution >= 4 is 17.6 Å². The van der Waals surface area contributed by atoms with Gasteiger partial charge in [0.2, 0.25) is 0 Å². The number of nitrogens with zero attached hydrogens (tertiary/aromatic N) is 3. The minimum Gasteiger partial charge on any atom is -0.494 e. The highest BCUT2D eigenvalue weighted by Gasteiger charge is 2.20. The molecule has 1 aromatic heterocycles. The van der Waals surface area contributed by atoms with Gasteiger partial charge in [-0.25, -0.2) is 4.98 Å². The zero-order chi connectivity index (χ0) is 18.9. The first-order valence-corrected chi connectivity index (χ1v) is 9.25. The van der Waals surface area contributed by atoms with Crippen LogP contribution < -0.4 is 10.5 Å². The van der Waals surface area contributed by atoms with Crippen LogP contribution in [0.15, 0.2) is 41.9 Å². The summed E-state index contributed by atoms with van der Waals surface area (Å²) in [6.45, 7) is 6.45. The molecule has 0 aliphatic rings. The molecule has 6 heteroatoms. The monoisotopic (exact) mass is 364 g/mol. The van der Waals surface area contributed by atoms with E-state index >= 15 is 0 Å². The van der Waals surface area contributed by atoms with E-state index in [4.69, 9.17) is 10.5 Å². The molecule has 0 amide bonds. The van der Waals surface area contributed by atoms with Crippen LogP contribution in [0.4, 0.5) is 5.82 Å². The summed E-state index contributed by atoms with van der Waals surface area (Å²) in [6, 6.07) is 11.6. The second-order valence-electron chi connectivity index (χ2n) is 5.48. The zero-order valence-corrected chi connectivity index (χ0v) is 15.5. The lowest BCUT2D eigenvalue weighted by Gasteiger charge is -2.13. The van der Waals surface area contributed by atoms with Crippen molar-refractivity contribution in [3.05, 3.63) is 48.0 Å². The van der Waals surface area contributed by atoms with Gasteiger partial charge in [-0.1, -0.05) is 31.6 Å². The molecule has 0 fully saturated rings. The van der Waals surface area contributed by atoms with Gasteiger partial charge in [0.25, 0.3) is 0 Å². The Morgan fingerprint density at radius 3 is 2.50 bits per heavy atom. The number of hydrogen-bond donors (Lipinski definition) is 1. The summed E-state index contributed by atoms with van der Waals surface area (Å²) >= 11 is 1.36. The number of anilines is 1. The standard InChI is InChI=1S/C20H20N4OS/c1-3-5-10-25-15-8-6-14(7-9-15)18-16(12-21)19(23)24-20(17(18)13-22)26-11-4-2/h4,6-9H,2-3,5,10-11H2,1H3,(H2,23,24). The second-order valence-corrected chi connectivity index (χ2v) is 6.49. The van der Waals surface area contributed by atoms with Gasteiger partial charge in [0.05, 0.1) is 12.2 Å². The van der Waals surface area contributed by atoms with E-state index in [0.717, 1.165) is 24.2 Å². The highest BCUT2D eigenvalue weighted by Crippen LogP contribution is 2.36. The van der Waals surface area contributed by atoms with Crippen molar-refractivity contribution in [1.82, 2.24) is 4.98 Å². The van der Waals surface area contributed by atoms with Crippen LogP contribution in [0.1, 0.15) is 30.9 Å². The molecule has 0 spiro atoms. The van der Waals surface area contributed by atoms with Crippen LogP contribution in [0, 0.1) is 22.7 Å². The molecule has 0 radical (unpaired) electrons. The lowest BCUT2D eigenvalue weighted by atomic mass is 9.97. The minimum absolute atomic E-state index is 0.122. The predicted molar refractivity (Wildman–Crippen MR) is 105 cm³/mol. The number of rotatable bonds is 8. The molecule has 1 aromatic carbocycles. The number of unbranched alkanes of at least 4 members (excludes halogenated alkanes) is 1. The van der Waals surface area contributed by atoms with Gasteiger partial charge in [-0.15, -0.1) is 18.3 Å². The zero-order valence-electron chi connectivity index (χ0n) is 14.7. The van der Waals surface area contributed by atoms with Crippen molar-refractivity contribution in [3.63, 3.8) is 0 Å². The molecule has 1 heterocycles. The van der Waals surface area contributed by atoms with Gasteiger partial charge < -0.3 is 10.5 Å². The lowest BCUT2D eigenvalue weighted by molar-refractivity contribution is 0.309. The number of benzene rings is 1. The van der Waals surface area contributed by atoms with E-state index in [9.17, 15) is 10.5 Å². The molecular formula is C20H20N4OS. The van der Waals surface area contributed by atoms with Gasteiger partial charge in [-0.2, -0.15) is 10.5 Å². The molecule has 2 aromatic rings. The Morgan fingerprint density at radius 1 is 1.23 bits per heavy atom. The van der Waals surface area contributed by atoms with E-state index in [1.54, 1.807) is 6.08 Å². The van der Waals surface area contributed by atoms with Crippen LogP contribution in [0.3, 0.4) is 0 Å². The normalized spacial score (nSPS) is 9.96. The van der Waals surface area contributed by atoms with Crippen molar-refractivity contribution in [3.8, 4) is 29.0 Å². The van der Waals surface area contributed by atoms with Gasteiger partial charge in [-0.05, 0) is 24.1 Å². The second kappa shape index (κ2) is 9.50. The largest absolute Gasteiger partial charge is 0.494 e. The van der Waals surface area contributed by atoms with Crippen LogP contribution in [-0.4, -0.2) is 17.3 Å². The third kappa shape index (κ3) is 4.36. The van der Waals surface area contributed by atoms with E-state index in [1.807, 2.05) is 24.3 Å². The maximum Gasteiger partial charge on any atom is 0.143 e. The molecule has 0 atom stereocenters. The molecule has 0 aliphatic heterocycles. The third-order valence-corrected chi connectivity index (χ3v) is 4.63. The number of pyridine rings is 1. The number of nitriles is 2. The van der Waals surface area contributed by atoms with Crippen molar-refractivity contribution in [1.29, 1.82) is 10.5 Å². The summed E-state index contributed by atoms with van der Waals surface area (Å²) in [5.74, 6) is 1.47. The molecule has 0 bridgehead atoms. The highest BCUT2D eigenvalue weighted by molar-refractivity contribution is 7.99. The van der Waals surface area contributed by atoms with Crippen LogP contribution in [0.2, 0.25) is 0 Å². The summed E-state index contributed by atoms with van der Waals surface area (Å²) in [5.41, 5.74) is 7.77. The molecule has 0 saturated heterocycles. The number of aromatic nitrogens is 1. The number of nitrogens with two attached hydrogens (primary N) is 1. The van der Waals surface area contributed by atoms with Crippen molar-refractivity contribution in [2.24, 2.45) is 0 Å². The fourth-order valence-electron chi connectivity index (χ4n) is 2.38. The quantitative estimate of drug-likeness (QED) is 0.420. The molecule has 132 valence electrons. The van der Waals surface area contributed by atoms with E-state index in [1.165, 1.54) is 11.8 Å². The maximum atomic E-state index is 9.66. The van der Waals surface area contributed by atoms with E-state index in [2.05, 4.69) is 30.6 Å². The summed E-state index contributed by atoms with van der Waals surface area (Å²) in [7, 11) is 0. The first-order valence-electron chi connectivity index (χ1n) is 8.26. The number of nitrogen functional groups attached to an aromatic ring is 1. The minimum atomic E-state index is 0.122. The van der Waals surface area contributed by atoms with Gasteiger partial charge in [-0.3, -0.25) is 0 Å². The molecule has 0 saturated carbocycles. The third-order valence-electron chi connectivity index (χ3n) is 3.66. The van der Waals surface area contributed by atoms with Crippen LogP contribution in [0.5, 0.6) is 5.75 Å². The average Bonchev–Trinajstić information content (AvgIpc) is 2.66. The Morgan fingerprint density at radius 2 is 1.92 bits per heavy atom. The number of hydrogen-bond acceptors (Lipinski definition) is 6. The summed E-state index contributed by atoms with van der Waals surface area (Å²) in [5, 5.41) is 19.7.